The number of hydrogen-bond donors (Lipinski definition) is 3. The number of carbonyl (C=O) groups is 2. The van der Waals surface area contributed by atoms with Crippen LogP contribution in [0, 0.1) is 0 Å². The van der Waals surface area contributed by atoms with Gasteiger partial charge in [0, 0.05) is 22.9 Å². The zero-order valence-corrected chi connectivity index (χ0v) is 18.1. The van der Waals surface area contributed by atoms with E-state index in [2.05, 4.69) is 4.98 Å². The van der Waals surface area contributed by atoms with Gasteiger partial charge in [-0.05, 0) is 25.0 Å². The predicted molar refractivity (Wildman–Crippen MR) is 122 cm³/mol. The normalized spacial score (nSPS) is 16.4. The minimum Gasteiger partial charge on any atom is -0.373 e. The molecule has 0 aliphatic heterocycles. The number of ketones is 1. The molecule has 0 spiro atoms. The summed E-state index contributed by atoms with van der Waals surface area (Å²) in [6, 6.07) is 19.8. The van der Waals surface area contributed by atoms with Crippen LogP contribution in [0.2, 0.25) is 0 Å². The summed E-state index contributed by atoms with van der Waals surface area (Å²) in [6.45, 7) is 5.40. The Morgan fingerprint density at radius 3 is 2.16 bits per heavy atom. The molecule has 1 aromatic heterocycles. The molecule has 1 aliphatic carbocycles. The lowest BCUT2D eigenvalue weighted by atomic mass is 9.88. The number of pyridine rings is 1. The molecule has 0 radical (unpaired) electrons. The van der Waals surface area contributed by atoms with Gasteiger partial charge in [-0.15, -0.1) is 0 Å². The molecule has 2 atom stereocenters. The molecule has 3 aromatic rings. The summed E-state index contributed by atoms with van der Waals surface area (Å²) in [6.07, 6.45) is 2.18. The molecular formula is C25H29N3O3. The molecule has 162 valence electrons. The van der Waals surface area contributed by atoms with Crippen LogP contribution in [-0.4, -0.2) is 27.8 Å². The van der Waals surface area contributed by atoms with E-state index in [9.17, 15) is 14.7 Å². The number of rotatable bonds is 4. The molecule has 1 aliphatic rings. The van der Waals surface area contributed by atoms with Crippen LogP contribution in [-0.2, 0) is 21.6 Å². The summed E-state index contributed by atoms with van der Waals surface area (Å²) >= 11 is 0. The molecule has 6 heteroatoms. The molecule has 1 heterocycles. The molecule has 5 N–H and O–H groups in total. The first-order valence-corrected chi connectivity index (χ1v) is 10.2. The van der Waals surface area contributed by atoms with Crippen molar-refractivity contribution in [3.05, 3.63) is 89.6 Å². The molecule has 2 unspecified atom stereocenters. The Labute approximate surface area is 182 Å². The van der Waals surface area contributed by atoms with E-state index >= 15 is 0 Å². The number of primary amides is 1. The Balaban J connectivity index is 0.000000216. The van der Waals surface area contributed by atoms with Crippen LogP contribution in [0.15, 0.2) is 72.9 Å². The minimum atomic E-state index is -1.54. The first-order valence-electron chi connectivity index (χ1n) is 10.2. The lowest BCUT2D eigenvalue weighted by Crippen LogP contribution is -2.38. The first kappa shape index (κ1) is 23.9. The van der Waals surface area contributed by atoms with Crippen molar-refractivity contribution < 1.29 is 14.7 Å². The van der Waals surface area contributed by atoms with E-state index in [4.69, 9.17) is 11.5 Å². The summed E-state index contributed by atoms with van der Waals surface area (Å²) in [4.78, 5) is 26.7. The first-order chi connectivity index (χ1) is 14.9. The van der Waals surface area contributed by atoms with Crippen molar-refractivity contribution >= 4 is 11.7 Å². The molecule has 0 saturated carbocycles. The number of fused-ring (bicyclic) bond motifs is 3. The van der Waals surface area contributed by atoms with Crippen LogP contribution in [0.5, 0.6) is 0 Å². The van der Waals surface area contributed by atoms with Gasteiger partial charge in [-0.25, -0.2) is 0 Å². The summed E-state index contributed by atoms with van der Waals surface area (Å²) < 4.78 is 0. The van der Waals surface area contributed by atoms with Crippen LogP contribution in [0.4, 0.5) is 0 Å². The van der Waals surface area contributed by atoms with Gasteiger partial charge in [-0.1, -0.05) is 74.5 Å². The molecule has 0 saturated heterocycles. The Kier molecular flexibility index (Phi) is 8.19. The SMILES string of the molecule is CC.CC(=O)C1(O)c2ccccc2-c2ncccc21.NC(=O)C(N)Cc1ccccc1. The van der Waals surface area contributed by atoms with Gasteiger partial charge in [0.15, 0.2) is 11.4 Å². The largest absolute Gasteiger partial charge is 0.373 e. The van der Waals surface area contributed by atoms with Crippen molar-refractivity contribution in [1.82, 2.24) is 4.98 Å². The predicted octanol–water partition coefficient (Wildman–Crippen LogP) is 2.95. The van der Waals surface area contributed by atoms with Gasteiger partial charge < -0.3 is 16.6 Å². The quantitative estimate of drug-likeness (QED) is 0.601. The molecule has 6 nitrogen and oxygen atoms in total. The maximum atomic E-state index is 11.8. The summed E-state index contributed by atoms with van der Waals surface area (Å²) in [5.41, 5.74) is 12.7. The lowest BCUT2D eigenvalue weighted by molar-refractivity contribution is -0.131. The monoisotopic (exact) mass is 419 g/mol. The maximum absolute atomic E-state index is 11.8. The molecule has 2 aromatic carbocycles. The highest BCUT2D eigenvalue weighted by Gasteiger charge is 2.45. The van der Waals surface area contributed by atoms with Crippen LogP contribution in [0.25, 0.3) is 11.3 Å². The third kappa shape index (κ3) is 5.05. The molecule has 31 heavy (non-hydrogen) atoms. The fourth-order valence-corrected chi connectivity index (χ4v) is 3.41. The van der Waals surface area contributed by atoms with Crippen LogP contribution < -0.4 is 11.5 Å². The van der Waals surface area contributed by atoms with Crippen molar-refractivity contribution in [2.45, 2.75) is 38.8 Å². The summed E-state index contributed by atoms with van der Waals surface area (Å²) in [7, 11) is 0. The van der Waals surface area contributed by atoms with Gasteiger partial charge in [0.25, 0.3) is 0 Å². The second-order valence-electron chi connectivity index (χ2n) is 6.91. The number of Topliss-reactive ketones (excluding diaryl/α,β-unsaturated/α-hetero) is 1. The molecule has 0 fully saturated rings. The number of nitrogens with zero attached hydrogens (tertiary/aromatic N) is 1. The molecular weight excluding hydrogens is 390 g/mol. The average Bonchev–Trinajstić information content (AvgIpc) is 3.07. The molecule has 0 bridgehead atoms. The van der Waals surface area contributed by atoms with Gasteiger partial charge in [-0.3, -0.25) is 14.6 Å². The Morgan fingerprint density at radius 2 is 1.55 bits per heavy atom. The lowest BCUT2D eigenvalue weighted by Gasteiger charge is -2.21. The second kappa shape index (κ2) is 10.6. The Bertz CT molecular complexity index is 989. The second-order valence-corrected chi connectivity index (χ2v) is 6.91. The van der Waals surface area contributed by atoms with Gasteiger partial charge in [0.2, 0.25) is 5.91 Å². The highest BCUT2D eigenvalue weighted by Crippen LogP contribution is 2.46. The van der Waals surface area contributed by atoms with E-state index in [1.165, 1.54) is 6.92 Å². The highest BCUT2D eigenvalue weighted by molar-refractivity contribution is 5.97. The van der Waals surface area contributed by atoms with Gasteiger partial charge in [0.1, 0.15) is 0 Å². The zero-order valence-electron chi connectivity index (χ0n) is 18.1. The zero-order chi connectivity index (χ0) is 23.0. The van der Waals surface area contributed by atoms with E-state index in [1.807, 2.05) is 62.4 Å². The fraction of sp³-hybridized carbons (Fsp3) is 0.240. The maximum Gasteiger partial charge on any atom is 0.234 e. The minimum absolute atomic E-state index is 0.281. The standard InChI is InChI=1S/C14H11NO2.C9H12N2O.C2H6/c1-9(16)14(17)11-6-3-2-5-10(11)13-12(14)7-4-8-15-13;10-8(9(11)12)6-7-4-2-1-3-5-7;1-2/h2-8,17H,1H3;1-5,8H,6,10H2,(H2,11,12);1-2H3. The number of hydrogen-bond acceptors (Lipinski definition) is 5. The topological polar surface area (TPSA) is 119 Å². The highest BCUT2D eigenvalue weighted by atomic mass is 16.3. The van der Waals surface area contributed by atoms with Crippen LogP contribution in [0.1, 0.15) is 37.5 Å². The fourth-order valence-electron chi connectivity index (χ4n) is 3.41. The summed E-state index contributed by atoms with van der Waals surface area (Å²) in [5.74, 6) is -0.740. The number of aromatic nitrogens is 1. The van der Waals surface area contributed by atoms with Crippen molar-refractivity contribution in [2.24, 2.45) is 11.5 Å². The van der Waals surface area contributed by atoms with Crippen molar-refractivity contribution in [3.8, 4) is 11.3 Å². The van der Waals surface area contributed by atoms with Crippen molar-refractivity contribution in [1.29, 1.82) is 0 Å². The van der Waals surface area contributed by atoms with Gasteiger partial charge >= 0.3 is 0 Å². The molecule has 1 amide bonds. The number of nitrogens with two attached hydrogens (primary N) is 2. The van der Waals surface area contributed by atoms with E-state index in [0.29, 0.717) is 23.2 Å². The van der Waals surface area contributed by atoms with E-state index < -0.39 is 17.6 Å². The number of aliphatic hydroxyl groups is 1. The van der Waals surface area contributed by atoms with Crippen molar-refractivity contribution in [3.63, 3.8) is 0 Å². The van der Waals surface area contributed by atoms with Gasteiger partial charge in [-0.2, -0.15) is 0 Å². The number of carbonyl (C=O) groups excluding carboxylic acids is 2. The average molecular weight is 420 g/mol. The smallest absolute Gasteiger partial charge is 0.234 e. The summed E-state index contributed by atoms with van der Waals surface area (Å²) in [5, 5.41) is 10.7. The van der Waals surface area contributed by atoms with Crippen molar-refractivity contribution in [2.75, 3.05) is 0 Å². The third-order valence-electron chi connectivity index (χ3n) is 4.94. The van der Waals surface area contributed by atoms with Gasteiger partial charge in [0.05, 0.1) is 11.7 Å². The van der Waals surface area contributed by atoms with E-state index in [0.717, 1.165) is 11.1 Å². The number of amides is 1. The Hall–Kier alpha value is -3.35. The Morgan fingerprint density at radius 1 is 0.968 bits per heavy atom. The van der Waals surface area contributed by atoms with E-state index in [-0.39, 0.29) is 5.78 Å². The van der Waals surface area contributed by atoms with E-state index in [1.54, 1.807) is 24.4 Å². The third-order valence-corrected chi connectivity index (χ3v) is 4.94. The molecule has 4 rings (SSSR count). The van der Waals surface area contributed by atoms with Crippen LogP contribution in [0.3, 0.4) is 0 Å². The van der Waals surface area contributed by atoms with Crippen LogP contribution >= 0.6 is 0 Å². The number of benzene rings is 2.